The van der Waals surface area contributed by atoms with Crippen LogP contribution >= 0.6 is 11.6 Å². The minimum atomic E-state index is -0.375. The number of carbonyl (C=O) groups excluding carboxylic acids is 1. The highest BCUT2D eigenvalue weighted by molar-refractivity contribution is 6.31. The number of hydrogen-bond acceptors (Lipinski definition) is 4. The summed E-state index contributed by atoms with van der Waals surface area (Å²) in [4.78, 5) is 11.9. The van der Waals surface area contributed by atoms with E-state index in [4.69, 9.17) is 22.1 Å². The lowest BCUT2D eigenvalue weighted by atomic mass is 10.2. The summed E-state index contributed by atoms with van der Waals surface area (Å²) in [6, 6.07) is 6.37. The van der Waals surface area contributed by atoms with Gasteiger partial charge in [-0.15, -0.1) is 0 Å². The van der Waals surface area contributed by atoms with Crippen LogP contribution in [-0.2, 0) is 0 Å². The Morgan fingerprint density at radius 3 is 2.89 bits per heavy atom. The Labute approximate surface area is 108 Å². The van der Waals surface area contributed by atoms with Crippen LogP contribution in [0.4, 0.5) is 11.5 Å². The van der Waals surface area contributed by atoms with Crippen LogP contribution in [0.2, 0.25) is 5.02 Å². The van der Waals surface area contributed by atoms with E-state index in [0.717, 1.165) is 0 Å². The smallest absolute Gasteiger partial charge is 0.273 e. The normalized spacial score (nSPS) is 10.1. The van der Waals surface area contributed by atoms with Gasteiger partial charge in [0.25, 0.3) is 5.91 Å². The highest BCUT2D eigenvalue weighted by Crippen LogP contribution is 2.27. The Bertz CT molecular complexity index is 582. The quantitative estimate of drug-likeness (QED) is 0.791. The number of halogens is 1. The fraction of sp³-hybridized carbons (Fsp3) is 0.0909. The van der Waals surface area contributed by atoms with Gasteiger partial charge in [-0.25, -0.2) is 0 Å². The van der Waals surface area contributed by atoms with E-state index in [1.807, 2.05) is 0 Å². The number of nitrogens with two attached hydrogens (primary N) is 1. The van der Waals surface area contributed by atoms with Crippen molar-refractivity contribution >= 4 is 29.0 Å². The first-order chi connectivity index (χ1) is 8.60. The second-order valence-corrected chi connectivity index (χ2v) is 3.94. The molecule has 0 unspecified atom stereocenters. The molecule has 6 nitrogen and oxygen atoms in total. The molecule has 0 aliphatic rings. The molecule has 0 bridgehead atoms. The monoisotopic (exact) mass is 266 g/mol. The molecule has 0 aliphatic heterocycles. The third-order valence-electron chi connectivity index (χ3n) is 2.25. The first-order valence-corrected chi connectivity index (χ1v) is 5.43. The highest BCUT2D eigenvalue weighted by Gasteiger charge is 2.12. The zero-order valence-electron chi connectivity index (χ0n) is 9.53. The Morgan fingerprint density at radius 1 is 1.50 bits per heavy atom. The number of carbonyl (C=O) groups is 1. The van der Waals surface area contributed by atoms with Gasteiger partial charge in [-0.3, -0.25) is 9.89 Å². The topological polar surface area (TPSA) is 93.0 Å². The number of benzene rings is 1. The van der Waals surface area contributed by atoms with Crippen molar-refractivity contribution in [2.45, 2.75) is 0 Å². The summed E-state index contributed by atoms with van der Waals surface area (Å²) in [5.41, 5.74) is 6.16. The SMILES string of the molecule is COc1ccc(Cl)cc1NC(=O)c1cc(N)n[nH]1. The van der Waals surface area contributed by atoms with E-state index in [1.165, 1.54) is 13.2 Å². The number of amides is 1. The van der Waals surface area contributed by atoms with Gasteiger partial charge >= 0.3 is 0 Å². The summed E-state index contributed by atoms with van der Waals surface area (Å²) in [5.74, 6) is 0.387. The Morgan fingerprint density at radius 2 is 2.28 bits per heavy atom. The number of methoxy groups -OCH3 is 1. The summed E-state index contributed by atoms with van der Waals surface area (Å²) >= 11 is 5.86. The number of rotatable bonds is 3. The molecule has 0 atom stereocenters. The predicted molar refractivity (Wildman–Crippen MR) is 69.0 cm³/mol. The summed E-state index contributed by atoms with van der Waals surface area (Å²) in [7, 11) is 1.51. The van der Waals surface area contributed by atoms with Crippen LogP contribution in [0.1, 0.15) is 10.5 Å². The maximum Gasteiger partial charge on any atom is 0.273 e. The summed E-state index contributed by atoms with van der Waals surface area (Å²) in [6.07, 6.45) is 0. The molecule has 0 saturated heterocycles. The lowest BCUT2D eigenvalue weighted by Gasteiger charge is -2.09. The average Bonchev–Trinajstić information content (AvgIpc) is 2.76. The van der Waals surface area contributed by atoms with Gasteiger partial charge < -0.3 is 15.8 Å². The molecular formula is C11H11ClN4O2. The number of ether oxygens (including phenoxy) is 1. The number of nitrogens with zero attached hydrogens (tertiary/aromatic N) is 1. The summed E-state index contributed by atoms with van der Waals surface area (Å²) < 4.78 is 5.12. The molecule has 1 aromatic heterocycles. The van der Waals surface area contributed by atoms with Crippen molar-refractivity contribution < 1.29 is 9.53 Å². The van der Waals surface area contributed by atoms with Crippen LogP contribution in [0.3, 0.4) is 0 Å². The van der Waals surface area contributed by atoms with Crippen LogP contribution in [0.15, 0.2) is 24.3 Å². The van der Waals surface area contributed by atoms with Crippen LogP contribution in [0.25, 0.3) is 0 Å². The van der Waals surface area contributed by atoms with Gasteiger partial charge in [-0.2, -0.15) is 5.10 Å². The zero-order chi connectivity index (χ0) is 13.1. The van der Waals surface area contributed by atoms with Gasteiger partial charge in [0, 0.05) is 11.1 Å². The van der Waals surface area contributed by atoms with E-state index < -0.39 is 0 Å². The van der Waals surface area contributed by atoms with Crippen molar-refractivity contribution in [2.24, 2.45) is 0 Å². The van der Waals surface area contributed by atoms with E-state index in [1.54, 1.807) is 18.2 Å². The molecular weight excluding hydrogens is 256 g/mol. The Balaban J connectivity index is 2.23. The number of H-pyrrole nitrogens is 1. The maximum absolute atomic E-state index is 11.9. The number of aromatic nitrogens is 2. The van der Waals surface area contributed by atoms with E-state index in [9.17, 15) is 4.79 Å². The first kappa shape index (κ1) is 12.3. The fourth-order valence-electron chi connectivity index (χ4n) is 1.42. The highest BCUT2D eigenvalue weighted by atomic mass is 35.5. The van der Waals surface area contributed by atoms with E-state index in [0.29, 0.717) is 16.5 Å². The number of anilines is 2. The molecule has 1 aromatic carbocycles. The Hall–Kier alpha value is -2.21. The molecule has 1 amide bonds. The lowest BCUT2D eigenvalue weighted by molar-refractivity contribution is 0.102. The lowest BCUT2D eigenvalue weighted by Crippen LogP contribution is -2.13. The van der Waals surface area contributed by atoms with Crippen LogP contribution in [0, 0.1) is 0 Å². The summed E-state index contributed by atoms with van der Waals surface area (Å²) in [6.45, 7) is 0. The molecule has 18 heavy (non-hydrogen) atoms. The molecule has 94 valence electrons. The van der Waals surface area contributed by atoms with Crippen molar-refractivity contribution in [3.63, 3.8) is 0 Å². The van der Waals surface area contributed by atoms with Crippen molar-refractivity contribution in [1.82, 2.24) is 10.2 Å². The molecule has 0 aliphatic carbocycles. The van der Waals surface area contributed by atoms with Gasteiger partial charge in [0.2, 0.25) is 0 Å². The molecule has 0 spiro atoms. The number of hydrogen-bond donors (Lipinski definition) is 3. The molecule has 0 radical (unpaired) electrons. The van der Waals surface area contributed by atoms with E-state index in [2.05, 4.69) is 15.5 Å². The van der Waals surface area contributed by atoms with Gasteiger partial charge in [0.15, 0.2) is 0 Å². The average molecular weight is 267 g/mol. The molecule has 0 saturated carbocycles. The van der Waals surface area contributed by atoms with Gasteiger partial charge in [0.05, 0.1) is 12.8 Å². The predicted octanol–water partition coefficient (Wildman–Crippen LogP) is 1.91. The van der Waals surface area contributed by atoms with Crippen LogP contribution < -0.4 is 15.8 Å². The fourth-order valence-corrected chi connectivity index (χ4v) is 1.59. The minimum Gasteiger partial charge on any atom is -0.495 e. The largest absolute Gasteiger partial charge is 0.495 e. The zero-order valence-corrected chi connectivity index (χ0v) is 10.3. The number of aromatic amines is 1. The molecule has 4 N–H and O–H groups in total. The number of nitrogens with one attached hydrogen (secondary N) is 2. The van der Waals surface area contributed by atoms with Gasteiger partial charge in [0.1, 0.15) is 17.3 Å². The number of nitrogen functional groups attached to an aromatic ring is 1. The van der Waals surface area contributed by atoms with Gasteiger partial charge in [-0.05, 0) is 18.2 Å². The second kappa shape index (κ2) is 4.97. The second-order valence-electron chi connectivity index (χ2n) is 3.51. The maximum atomic E-state index is 11.9. The molecule has 0 fully saturated rings. The third-order valence-corrected chi connectivity index (χ3v) is 2.49. The summed E-state index contributed by atoms with van der Waals surface area (Å²) in [5, 5.41) is 9.34. The van der Waals surface area contributed by atoms with Crippen molar-refractivity contribution in [3.8, 4) is 5.75 Å². The van der Waals surface area contributed by atoms with E-state index in [-0.39, 0.29) is 17.4 Å². The van der Waals surface area contributed by atoms with Gasteiger partial charge in [-0.1, -0.05) is 11.6 Å². The van der Waals surface area contributed by atoms with Crippen molar-refractivity contribution in [1.29, 1.82) is 0 Å². The molecule has 2 aromatic rings. The van der Waals surface area contributed by atoms with Crippen LogP contribution in [-0.4, -0.2) is 23.2 Å². The van der Waals surface area contributed by atoms with Crippen molar-refractivity contribution in [2.75, 3.05) is 18.2 Å². The van der Waals surface area contributed by atoms with E-state index >= 15 is 0 Å². The van der Waals surface area contributed by atoms with Crippen LogP contribution in [0.5, 0.6) is 5.75 Å². The standard InChI is InChI=1S/C11H11ClN4O2/c1-18-9-3-2-6(12)4-7(9)14-11(17)8-5-10(13)16-15-8/h2-5H,1H3,(H,14,17)(H3,13,15,16). The molecule has 1 heterocycles. The molecule has 2 rings (SSSR count). The first-order valence-electron chi connectivity index (χ1n) is 5.06. The molecule has 7 heteroatoms. The minimum absolute atomic E-state index is 0.248. The Kier molecular flexibility index (Phi) is 3.38. The van der Waals surface area contributed by atoms with Crippen molar-refractivity contribution in [3.05, 3.63) is 35.0 Å². The third kappa shape index (κ3) is 2.54.